The zero-order valence-corrected chi connectivity index (χ0v) is 14.9. The number of hydrogen-bond donors (Lipinski definition) is 0. The highest BCUT2D eigenvalue weighted by atomic mass is 16.6. The number of amides is 1. The first-order chi connectivity index (χ1) is 12.5. The van der Waals surface area contributed by atoms with Gasteiger partial charge in [0, 0.05) is 18.3 Å². The van der Waals surface area contributed by atoms with Crippen LogP contribution in [0.25, 0.3) is 0 Å². The minimum atomic E-state index is -0.757. The van der Waals surface area contributed by atoms with Gasteiger partial charge in [-0.05, 0) is 12.5 Å². The van der Waals surface area contributed by atoms with Crippen LogP contribution in [0, 0.1) is 5.92 Å². The molecule has 0 aliphatic carbocycles. The summed E-state index contributed by atoms with van der Waals surface area (Å²) in [6, 6.07) is 8.98. The second-order valence-electron chi connectivity index (χ2n) is 5.46. The Hall–Kier alpha value is -3.09. The van der Waals surface area contributed by atoms with Crippen molar-refractivity contribution in [2.24, 2.45) is 5.92 Å². The van der Waals surface area contributed by atoms with E-state index in [4.69, 9.17) is 14.2 Å². The second kappa shape index (κ2) is 8.84. The van der Waals surface area contributed by atoms with Crippen molar-refractivity contribution in [3.05, 3.63) is 59.9 Å². The lowest BCUT2D eigenvalue weighted by atomic mass is 9.80. The number of esters is 2. The van der Waals surface area contributed by atoms with E-state index >= 15 is 0 Å². The zero-order valence-electron chi connectivity index (χ0n) is 14.9. The summed E-state index contributed by atoms with van der Waals surface area (Å²) in [5.41, 5.74) is 0.843. The van der Waals surface area contributed by atoms with Gasteiger partial charge >= 0.3 is 18.0 Å². The van der Waals surface area contributed by atoms with E-state index < -0.39 is 29.9 Å². The molecule has 1 amide bonds. The Kier molecular flexibility index (Phi) is 6.54. The molecule has 0 aromatic heterocycles. The van der Waals surface area contributed by atoms with Gasteiger partial charge in [-0.25, -0.2) is 9.59 Å². The predicted octanol–water partition coefficient (Wildman–Crippen LogP) is 2.60. The van der Waals surface area contributed by atoms with Crippen LogP contribution in [0.5, 0.6) is 0 Å². The average Bonchev–Trinajstić information content (AvgIpc) is 2.68. The maximum Gasteiger partial charge on any atom is 0.417 e. The third-order valence-corrected chi connectivity index (χ3v) is 3.96. The molecule has 0 spiro atoms. The van der Waals surface area contributed by atoms with Gasteiger partial charge in [0.25, 0.3) is 0 Å². The van der Waals surface area contributed by atoms with Gasteiger partial charge in [-0.2, -0.15) is 0 Å². The summed E-state index contributed by atoms with van der Waals surface area (Å²) in [4.78, 5) is 37.8. The van der Waals surface area contributed by atoms with Gasteiger partial charge in [0.15, 0.2) is 0 Å². The number of hydrogen-bond acceptors (Lipinski definition) is 6. The zero-order chi connectivity index (χ0) is 19.1. The average molecular weight is 359 g/mol. The molecule has 0 radical (unpaired) electrons. The number of carbonyl (C=O) groups excluding carboxylic acids is 3. The van der Waals surface area contributed by atoms with E-state index in [9.17, 15) is 14.4 Å². The second-order valence-corrected chi connectivity index (χ2v) is 5.46. The molecule has 1 aliphatic heterocycles. The summed E-state index contributed by atoms with van der Waals surface area (Å²) >= 11 is 0. The summed E-state index contributed by atoms with van der Waals surface area (Å²) in [6.45, 7) is 1.88. The molecule has 138 valence electrons. The van der Waals surface area contributed by atoms with Crippen LogP contribution in [0.2, 0.25) is 0 Å². The number of benzene rings is 1. The Morgan fingerprint density at radius 2 is 1.81 bits per heavy atom. The number of ether oxygens (including phenoxy) is 3. The minimum Gasteiger partial charge on any atom is -0.469 e. The summed E-state index contributed by atoms with van der Waals surface area (Å²) in [5.74, 6) is -2.54. The predicted molar refractivity (Wildman–Crippen MR) is 92.8 cm³/mol. The molecule has 1 aromatic carbocycles. The van der Waals surface area contributed by atoms with Crippen molar-refractivity contribution < 1.29 is 28.6 Å². The van der Waals surface area contributed by atoms with Crippen molar-refractivity contribution in [3.8, 4) is 0 Å². The van der Waals surface area contributed by atoms with E-state index in [0.717, 1.165) is 4.90 Å². The van der Waals surface area contributed by atoms with Crippen molar-refractivity contribution in [2.75, 3.05) is 20.8 Å². The minimum absolute atomic E-state index is 0.155. The largest absolute Gasteiger partial charge is 0.469 e. The van der Waals surface area contributed by atoms with Crippen LogP contribution in [0.4, 0.5) is 4.79 Å². The normalized spacial score (nSPS) is 17.1. The van der Waals surface area contributed by atoms with E-state index in [2.05, 4.69) is 0 Å². The van der Waals surface area contributed by atoms with Crippen LogP contribution in [-0.2, 0) is 23.8 Å². The fourth-order valence-corrected chi connectivity index (χ4v) is 2.75. The Morgan fingerprint density at radius 1 is 1.12 bits per heavy atom. The molecule has 2 atom stereocenters. The van der Waals surface area contributed by atoms with Crippen molar-refractivity contribution in [1.29, 1.82) is 0 Å². The highest BCUT2D eigenvalue weighted by Crippen LogP contribution is 2.35. The number of nitrogens with zero attached hydrogens (tertiary/aromatic N) is 1. The first kappa shape index (κ1) is 19.2. The third kappa shape index (κ3) is 4.11. The monoisotopic (exact) mass is 359 g/mol. The molecule has 0 N–H and O–H groups in total. The maximum atomic E-state index is 12.4. The van der Waals surface area contributed by atoms with E-state index in [1.165, 1.54) is 26.6 Å². The van der Waals surface area contributed by atoms with E-state index in [1.807, 2.05) is 6.07 Å². The van der Waals surface area contributed by atoms with Crippen LogP contribution in [-0.4, -0.2) is 43.8 Å². The molecule has 1 heterocycles. The summed E-state index contributed by atoms with van der Waals surface area (Å²) in [7, 11) is 2.53. The molecule has 2 unspecified atom stereocenters. The van der Waals surface area contributed by atoms with Crippen LogP contribution >= 0.6 is 0 Å². The van der Waals surface area contributed by atoms with Gasteiger partial charge in [-0.15, -0.1) is 0 Å². The van der Waals surface area contributed by atoms with E-state index in [0.29, 0.717) is 5.56 Å². The Balaban J connectivity index is 2.45. The molecule has 2 rings (SSSR count). The fraction of sp³-hybridized carbons (Fsp3) is 0.316. The lowest BCUT2D eigenvalue weighted by molar-refractivity contribution is -0.143. The standard InChI is InChI=1S/C19H21NO6/c1-4-26-19(23)20-11-10-14(15(12-20)17(21)24-2)16(18(22)25-3)13-8-6-5-7-9-13/h5-12,14,16H,4H2,1-3H3. The van der Waals surface area contributed by atoms with E-state index in [1.54, 1.807) is 37.3 Å². The first-order valence-corrected chi connectivity index (χ1v) is 8.09. The molecule has 0 fully saturated rings. The molecular formula is C19H21NO6. The molecule has 7 heteroatoms. The maximum absolute atomic E-state index is 12.4. The molecule has 0 bridgehead atoms. The van der Waals surface area contributed by atoms with Crippen molar-refractivity contribution in [1.82, 2.24) is 4.90 Å². The van der Waals surface area contributed by atoms with Gasteiger partial charge in [0.05, 0.1) is 32.3 Å². The van der Waals surface area contributed by atoms with Gasteiger partial charge in [-0.1, -0.05) is 36.4 Å². The van der Waals surface area contributed by atoms with Crippen molar-refractivity contribution in [3.63, 3.8) is 0 Å². The Labute approximate surface area is 151 Å². The first-order valence-electron chi connectivity index (χ1n) is 8.09. The molecular weight excluding hydrogens is 338 g/mol. The summed E-state index contributed by atoms with van der Waals surface area (Å²) < 4.78 is 14.7. The molecule has 26 heavy (non-hydrogen) atoms. The van der Waals surface area contributed by atoms with Gasteiger partial charge in [0.2, 0.25) is 0 Å². The fourth-order valence-electron chi connectivity index (χ4n) is 2.75. The number of rotatable bonds is 5. The van der Waals surface area contributed by atoms with Crippen LogP contribution in [0.1, 0.15) is 18.4 Å². The number of methoxy groups -OCH3 is 2. The van der Waals surface area contributed by atoms with Crippen LogP contribution in [0.3, 0.4) is 0 Å². The molecule has 0 saturated carbocycles. The summed E-state index contributed by atoms with van der Waals surface area (Å²) in [6.07, 6.45) is 3.76. The smallest absolute Gasteiger partial charge is 0.417 e. The van der Waals surface area contributed by atoms with Crippen LogP contribution in [0.15, 0.2) is 54.4 Å². The van der Waals surface area contributed by atoms with Crippen molar-refractivity contribution in [2.45, 2.75) is 12.8 Å². The topological polar surface area (TPSA) is 82.1 Å². The van der Waals surface area contributed by atoms with Gasteiger partial charge < -0.3 is 14.2 Å². The van der Waals surface area contributed by atoms with E-state index in [-0.39, 0.29) is 12.2 Å². The molecule has 1 aromatic rings. The Morgan fingerprint density at radius 3 is 2.38 bits per heavy atom. The van der Waals surface area contributed by atoms with Crippen LogP contribution < -0.4 is 0 Å². The number of carbonyl (C=O) groups is 3. The summed E-state index contributed by atoms with van der Waals surface area (Å²) in [5, 5.41) is 0. The van der Waals surface area contributed by atoms with Gasteiger partial charge in [-0.3, -0.25) is 9.69 Å². The molecule has 7 nitrogen and oxygen atoms in total. The Bertz CT molecular complexity index is 725. The van der Waals surface area contributed by atoms with Crippen molar-refractivity contribution >= 4 is 18.0 Å². The highest BCUT2D eigenvalue weighted by Gasteiger charge is 2.37. The lowest BCUT2D eigenvalue weighted by Crippen LogP contribution is -2.32. The number of allylic oxidation sites excluding steroid dienone is 1. The SMILES string of the molecule is CCOC(=O)N1C=CC(C(C(=O)OC)c2ccccc2)C(C(=O)OC)=C1. The highest BCUT2D eigenvalue weighted by molar-refractivity contribution is 5.93. The third-order valence-electron chi connectivity index (χ3n) is 3.96. The lowest BCUT2D eigenvalue weighted by Gasteiger charge is -2.29. The quantitative estimate of drug-likeness (QED) is 0.594. The molecule has 1 aliphatic rings. The van der Waals surface area contributed by atoms with Gasteiger partial charge in [0.1, 0.15) is 0 Å². The molecule has 0 saturated heterocycles.